The van der Waals surface area contributed by atoms with E-state index in [-0.39, 0.29) is 5.54 Å². The van der Waals surface area contributed by atoms with E-state index in [2.05, 4.69) is 71.8 Å². The molecule has 2 fully saturated rings. The van der Waals surface area contributed by atoms with Crippen LogP contribution in [0.1, 0.15) is 32.6 Å². The molecule has 0 saturated carbocycles. The van der Waals surface area contributed by atoms with Gasteiger partial charge in [-0.05, 0) is 58.8 Å². The molecule has 0 aromatic heterocycles. The molecule has 6 heteroatoms. The molecule has 6 nitrogen and oxygen atoms in total. The number of rotatable bonds is 6. The van der Waals surface area contributed by atoms with Crippen molar-refractivity contribution < 1.29 is 4.74 Å². The first-order chi connectivity index (χ1) is 13.6. The molecule has 1 atom stereocenters. The normalized spacial score (nSPS) is 22.9. The number of piperidine rings is 1. The summed E-state index contributed by atoms with van der Waals surface area (Å²) >= 11 is 0. The fourth-order valence-corrected chi connectivity index (χ4v) is 4.21. The topological polar surface area (TPSA) is 52.1 Å². The van der Waals surface area contributed by atoms with E-state index in [1.54, 1.807) is 0 Å². The molecule has 3 rings (SSSR count). The molecule has 0 bridgehead atoms. The minimum absolute atomic E-state index is 0.100. The highest BCUT2D eigenvalue weighted by molar-refractivity contribution is 5.80. The number of guanidine groups is 1. The number of aliphatic imine (C=N–C) groups is 1. The van der Waals surface area contributed by atoms with Gasteiger partial charge in [-0.25, -0.2) is 0 Å². The Kier molecular flexibility index (Phi) is 7.57. The predicted molar refractivity (Wildman–Crippen MR) is 117 cm³/mol. The van der Waals surface area contributed by atoms with E-state index in [0.717, 1.165) is 58.2 Å². The zero-order chi connectivity index (χ0) is 19.8. The third-order valence-corrected chi connectivity index (χ3v) is 6.13. The summed E-state index contributed by atoms with van der Waals surface area (Å²) in [5.41, 5.74) is 1.41. The first-order valence-electron chi connectivity index (χ1n) is 10.7. The quantitative estimate of drug-likeness (QED) is 0.580. The Balaban J connectivity index is 1.64. The van der Waals surface area contributed by atoms with Crippen molar-refractivity contribution in [2.45, 2.75) is 44.2 Å². The lowest BCUT2D eigenvalue weighted by atomic mass is 9.89. The van der Waals surface area contributed by atoms with Crippen molar-refractivity contribution in [1.29, 1.82) is 0 Å². The van der Waals surface area contributed by atoms with E-state index in [9.17, 15) is 0 Å². The summed E-state index contributed by atoms with van der Waals surface area (Å²) < 4.78 is 5.59. The van der Waals surface area contributed by atoms with Crippen molar-refractivity contribution in [2.75, 3.05) is 58.4 Å². The number of anilines is 1. The number of nitrogens with zero attached hydrogens (tertiary/aromatic N) is 3. The first-order valence-corrected chi connectivity index (χ1v) is 10.7. The zero-order valence-electron chi connectivity index (χ0n) is 17.8. The van der Waals surface area contributed by atoms with Crippen molar-refractivity contribution >= 4 is 11.6 Å². The van der Waals surface area contributed by atoms with Crippen LogP contribution in [0.2, 0.25) is 0 Å². The number of likely N-dealkylation sites (N-methyl/N-ethyl adjacent to an activating group) is 1. The molecule has 0 aliphatic carbocycles. The first kappa shape index (κ1) is 20.9. The van der Waals surface area contributed by atoms with Crippen molar-refractivity contribution in [3.05, 3.63) is 30.3 Å². The van der Waals surface area contributed by atoms with Crippen LogP contribution in [-0.4, -0.2) is 75.9 Å². The zero-order valence-corrected chi connectivity index (χ0v) is 17.8. The number of ether oxygens (including phenoxy) is 1. The Hall–Kier alpha value is -1.79. The van der Waals surface area contributed by atoms with Crippen LogP contribution in [0.4, 0.5) is 5.69 Å². The second-order valence-corrected chi connectivity index (χ2v) is 8.19. The Morgan fingerprint density at radius 1 is 1.25 bits per heavy atom. The summed E-state index contributed by atoms with van der Waals surface area (Å²) in [5.74, 6) is 0.940. The summed E-state index contributed by atoms with van der Waals surface area (Å²) in [6.45, 7) is 7.59. The molecule has 2 saturated heterocycles. The fourth-order valence-electron chi connectivity index (χ4n) is 4.21. The maximum Gasteiger partial charge on any atom is 0.191 e. The standard InChI is InChI=1S/C22H37N5O/c1-4-23-21(24-18-22(26(2)3)12-15-28-16-13-22)25-19-9-8-14-27(17-19)20-10-6-5-7-11-20/h5-7,10-11,19H,4,8-9,12-18H2,1-3H3,(H2,23,24,25). The Labute approximate surface area is 170 Å². The van der Waals surface area contributed by atoms with Crippen LogP contribution in [0, 0.1) is 0 Å². The van der Waals surface area contributed by atoms with Gasteiger partial charge >= 0.3 is 0 Å². The van der Waals surface area contributed by atoms with Crippen molar-refractivity contribution in [2.24, 2.45) is 4.99 Å². The highest BCUT2D eigenvalue weighted by Gasteiger charge is 2.34. The average Bonchev–Trinajstić information content (AvgIpc) is 2.74. The minimum atomic E-state index is 0.100. The molecular formula is C22H37N5O. The van der Waals surface area contributed by atoms with Crippen LogP contribution in [0.25, 0.3) is 0 Å². The van der Waals surface area contributed by atoms with Gasteiger partial charge in [-0.15, -0.1) is 0 Å². The van der Waals surface area contributed by atoms with E-state index in [0.29, 0.717) is 6.04 Å². The molecule has 156 valence electrons. The van der Waals surface area contributed by atoms with Crippen LogP contribution in [0.3, 0.4) is 0 Å². The van der Waals surface area contributed by atoms with Gasteiger partial charge in [0.2, 0.25) is 0 Å². The molecule has 2 aliphatic heterocycles. The molecule has 28 heavy (non-hydrogen) atoms. The van der Waals surface area contributed by atoms with Crippen molar-refractivity contribution in [3.8, 4) is 0 Å². The van der Waals surface area contributed by atoms with Gasteiger partial charge in [0.1, 0.15) is 0 Å². The second kappa shape index (κ2) is 10.1. The molecule has 0 radical (unpaired) electrons. The van der Waals surface area contributed by atoms with Crippen LogP contribution >= 0.6 is 0 Å². The third kappa shape index (κ3) is 5.39. The maximum absolute atomic E-state index is 5.59. The van der Waals surface area contributed by atoms with Crippen LogP contribution in [-0.2, 0) is 4.74 Å². The van der Waals surface area contributed by atoms with Crippen LogP contribution < -0.4 is 15.5 Å². The third-order valence-electron chi connectivity index (χ3n) is 6.13. The minimum Gasteiger partial charge on any atom is -0.381 e. The smallest absolute Gasteiger partial charge is 0.191 e. The van der Waals surface area contributed by atoms with E-state index >= 15 is 0 Å². The SMILES string of the molecule is CCNC(=NCC1(N(C)C)CCOCC1)NC1CCCN(c2ccccc2)C1. The lowest BCUT2D eigenvalue weighted by Gasteiger charge is -2.42. The van der Waals surface area contributed by atoms with Gasteiger partial charge in [-0.3, -0.25) is 4.99 Å². The number of hydrogen-bond acceptors (Lipinski definition) is 4. The van der Waals surface area contributed by atoms with Gasteiger partial charge in [0, 0.05) is 50.1 Å². The molecule has 1 unspecified atom stereocenters. The molecule has 2 aliphatic rings. The molecule has 1 aromatic rings. The van der Waals surface area contributed by atoms with E-state index in [4.69, 9.17) is 9.73 Å². The van der Waals surface area contributed by atoms with E-state index in [1.807, 2.05) is 0 Å². The van der Waals surface area contributed by atoms with Gasteiger partial charge in [0.25, 0.3) is 0 Å². The molecule has 0 spiro atoms. The van der Waals surface area contributed by atoms with Gasteiger partial charge in [-0.1, -0.05) is 18.2 Å². The largest absolute Gasteiger partial charge is 0.381 e. The van der Waals surface area contributed by atoms with Crippen LogP contribution in [0.5, 0.6) is 0 Å². The number of hydrogen-bond donors (Lipinski definition) is 2. The fraction of sp³-hybridized carbons (Fsp3) is 0.682. The predicted octanol–water partition coefficient (Wildman–Crippen LogP) is 2.32. The average molecular weight is 388 g/mol. The summed E-state index contributed by atoms with van der Waals surface area (Å²) in [6, 6.07) is 11.1. The van der Waals surface area contributed by atoms with Crippen molar-refractivity contribution in [1.82, 2.24) is 15.5 Å². The van der Waals surface area contributed by atoms with Crippen molar-refractivity contribution in [3.63, 3.8) is 0 Å². The Morgan fingerprint density at radius 2 is 2.00 bits per heavy atom. The molecule has 2 N–H and O–H groups in total. The van der Waals surface area contributed by atoms with Gasteiger partial charge in [-0.2, -0.15) is 0 Å². The summed E-state index contributed by atoms with van der Waals surface area (Å²) in [6.07, 6.45) is 4.45. The van der Waals surface area contributed by atoms with E-state index < -0.39 is 0 Å². The lowest BCUT2D eigenvalue weighted by molar-refractivity contribution is -0.00255. The molecular weight excluding hydrogens is 350 g/mol. The molecule has 1 aromatic carbocycles. The monoisotopic (exact) mass is 387 g/mol. The summed E-state index contributed by atoms with van der Waals surface area (Å²) in [4.78, 5) is 9.81. The van der Waals surface area contributed by atoms with Crippen LogP contribution in [0.15, 0.2) is 35.3 Å². The molecule has 2 heterocycles. The Morgan fingerprint density at radius 3 is 2.68 bits per heavy atom. The highest BCUT2D eigenvalue weighted by atomic mass is 16.5. The number of nitrogens with one attached hydrogen (secondary N) is 2. The molecule has 0 amide bonds. The highest BCUT2D eigenvalue weighted by Crippen LogP contribution is 2.26. The lowest BCUT2D eigenvalue weighted by Crippen LogP contribution is -2.53. The maximum atomic E-state index is 5.59. The second-order valence-electron chi connectivity index (χ2n) is 8.19. The summed E-state index contributed by atoms with van der Waals surface area (Å²) in [5, 5.41) is 7.15. The Bertz CT molecular complexity index is 613. The van der Waals surface area contributed by atoms with E-state index in [1.165, 1.54) is 18.5 Å². The van der Waals surface area contributed by atoms with Gasteiger partial charge in [0.05, 0.1) is 6.54 Å². The summed E-state index contributed by atoms with van der Waals surface area (Å²) in [7, 11) is 4.33. The van der Waals surface area contributed by atoms with Gasteiger partial charge in [0.15, 0.2) is 5.96 Å². The van der Waals surface area contributed by atoms with Gasteiger partial charge < -0.3 is 25.2 Å². The number of benzene rings is 1. The number of para-hydroxylation sites is 1.